The maximum atomic E-state index is 12.8. The van der Waals surface area contributed by atoms with Gasteiger partial charge < -0.3 is 9.67 Å². The van der Waals surface area contributed by atoms with Crippen LogP contribution >= 0.6 is 23.2 Å². The van der Waals surface area contributed by atoms with Crippen molar-refractivity contribution in [2.75, 3.05) is 0 Å². The average molecular weight is 618 g/mol. The Labute approximate surface area is 254 Å². The van der Waals surface area contributed by atoms with Gasteiger partial charge in [-0.15, -0.1) is 0 Å². The molecule has 6 nitrogen and oxygen atoms in total. The van der Waals surface area contributed by atoms with Crippen LogP contribution in [-0.4, -0.2) is 29.0 Å². The summed E-state index contributed by atoms with van der Waals surface area (Å²) in [5.74, 6) is -0.410. The molecule has 0 radical (unpaired) electrons. The summed E-state index contributed by atoms with van der Waals surface area (Å²) in [7, 11) is -3.45. The maximum absolute atomic E-state index is 12.8. The topological polar surface area (TPSA) is 89.3 Å². The van der Waals surface area contributed by atoms with Crippen LogP contribution in [0, 0.1) is 6.92 Å². The number of sulfone groups is 1. The van der Waals surface area contributed by atoms with Crippen LogP contribution < -0.4 is 0 Å². The highest BCUT2D eigenvalue weighted by molar-refractivity contribution is 7.90. The van der Waals surface area contributed by atoms with Crippen LogP contribution in [0.1, 0.15) is 38.4 Å². The van der Waals surface area contributed by atoms with Gasteiger partial charge in [0.2, 0.25) is 0 Å². The molecule has 0 aliphatic rings. The van der Waals surface area contributed by atoms with Gasteiger partial charge in [0.1, 0.15) is 5.82 Å². The summed E-state index contributed by atoms with van der Waals surface area (Å²) in [4.78, 5) is 16.4. The van der Waals surface area contributed by atoms with Crippen LogP contribution in [-0.2, 0) is 22.1 Å². The Balaban J connectivity index is 1.40. The highest BCUT2D eigenvalue weighted by atomic mass is 35.5. The minimum atomic E-state index is -3.45. The molecule has 0 aliphatic carbocycles. The molecule has 0 spiro atoms. The van der Waals surface area contributed by atoms with Gasteiger partial charge in [-0.2, -0.15) is 0 Å². The molecule has 1 aromatic heterocycles. The Bertz CT molecular complexity index is 1880. The SMILES string of the molecule is Cc1ccc(S(=O)(=O)Cc2ccc(/C=C/c3nc(-c4ccc(Cl)cc4Cl)cn3Cc3ccc(C(=O)O)cc3)cc2)cc1. The highest BCUT2D eigenvalue weighted by Crippen LogP contribution is 2.30. The fraction of sp³-hybridized carbons (Fsp3) is 0.0909. The van der Waals surface area contributed by atoms with Crippen LogP contribution in [0.15, 0.2) is 102 Å². The Kier molecular flexibility index (Phi) is 8.64. The molecule has 212 valence electrons. The van der Waals surface area contributed by atoms with Crippen molar-refractivity contribution in [1.29, 1.82) is 0 Å². The molecule has 5 aromatic rings. The molecule has 9 heteroatoms. The van der Waals surface area contributed by atoms with Gasteiger partial charge in [-0.05, 0) is 72.2 Å². The van der Waals surface area contributed by atoms with Gasteiger partial charge in [0.05, 0.1) is 26.9 Å². The summed E-state index contributed by atoms with van der Waals surface area (Å²) in [6.45, 7) is 2.37. The van der Waals surface area contributed by atoms with Crippen molar-refractivity contribution < 1.29 is 18.3 Å². The fourth-order valence-electron chi connectivity index (χ4n) is 4.41. The summed E-state index contributed by atoms with van der Waals surface area (Å²) in [6, 6.07) is 26.1. The van der Waals surface area contributed by atoms with Crippen LogP contribution in [0.3, 0.4) is 0 Å². The second kappa shape index (κ2) is 12.4. The molecule has 0 saturated heterocycles. The zero-order valence-electron chi connectivity index (χ0n) is 22.5. The van der Waals surface area contributed by atoms with Gasteiger partial charge in [-0.3, -0.25) is 0 Å². The monoisotopic (exact) mass is 616 g/mol. The summed E-state index contributed by atoms with van der Waals surface area (Å²) in [6.07, 6.45) is 5.66. The van der Waals surface area contributed by atoms with E-state index in [0.717, 1.165) is 22.3 Å². The van der Waals surface area contributed by atoms with E-state index in [2.05, 4.69) is 0 Å². The molecule has 0 amide bonds. The number of carbonyl (C=O) groups is 1. The van der Waals surface area contributed by atoms with Crippen molar-refractivity contribution >= 4 is 51.2 Å². The van der Waals surface area contributed by atoms with E-state index in [-0.39, 0.29) is 11.3 Å². The quantitative estimate of drug-likeness (QED) is 0.181. The van der Waals surface area contributed by atoms with E-state index in [1.54, 1.807) is 72.8 Å². The van der Waals surface area contributed by atoms with E-state index in [1.807, 2.05) is 48.0 Å². The predicted molar refractivity (Wildman–Crippen MR) is 168 cm³/mol. The Hall–Kier alpha value is -4.17. The van der Waals surface area contributed by atoms with Crippen molar-refractivity contribution in [3.63, 3.8) is 0 Å². The maximum Gasteiger partial charge on any atom is 0.335 e. The molecular formula is C33H26Cl2N2O4S. The number of halogens is 2. The van der Waals surface area contributed by atoms with E-state index in [0.29, 0.717) is 38.6 Å². The lowest BCUT2D eigenvalue weighted by atomic mass is 10.1. The number of rotatable bonds is 9. The number of nitrogens with zero attached hydrogens (tertiary/aromatic N) is 2. The second-order valence-electron chi connectivity index (χ2n) is 9.89. The van der Waals surface area contributed by atoms with Crippen molar-refractivity contribution in [2.45, 2.75) is 24.1 Å². The van der Waals surface area contributed by atoms with Crippen molar-refractivity contribution in [1.82, 2.24) is 9.55 Å². The van der Waals surface area contributed by atoms with E-state index >= 15 is 0 Å². The van der Waals surface area contributed by atoms with Crippen LogP contribution in [0.2, 0.25) is 10.0 Å². The smallest absolute Gasteiger partial charge is 0.335 e. The number of carboxylic acids is 1. The van der Waals surface area contributed by atoms with Gasteiger partial charge >= 0.3 is 5.97 Å². The Morgan fingerprint density at radius 1 is 0.881 bits per heavy atom. The first-order valence-corrected chi connectivity index (χ1v) is 15.4. The summed E-state index contributed by atoms with van der Waals surface area (Å²) in [5, 5.41) is 10.2. The van der Waals surface area contributed by atoms with Crippen LogP contribution in [0.5, 0.6) is 0 Å². The molecular weight excluding hydrogens is 591 g/mol. The lowest BCUT2D eigenvalue weighted by molar-refractivity contribution is 0.0697. The number of aromatic carboxylic acids is 1. The lowest BCUT2D eigenvalue weighted by Gasteiger charge is -2.07. The highest BCUT2D eigenvalue weighted by Gasteiger charge is 2.15. The third kappa shape index (κ3) is 6.99. The van der Waals surface area contributed by atoms with Gasteiger partial charge in [0, 0.05) is 23.3 Å². The third-order valence-electron chi connectivity index (χ3n) is 6.71. The normalized spacial score (nSPS) is 11.7. The lowest BCUT2D eigenvalue weighted by Crippen LogP contribution is -2.04. The van der Waals surface area contributed by atoms with E-state index in [4.69, 9.17) is 28.2 Å². The fourth-order valence-corrected chi connectivity index (χ4v) is 6.26. The van der Waals surface area contributed by atoms with Crippen molar-refractivity contribution in [3.05, 3.63) is 141 Å². The van der Waals surface area contributed by atoms with E-state index in [1.165, 1.54) is 0 Å². The van der Waals surface area contributed by atoms with Gasteiger partial charge in [0.15, 0.2) is 9.84 Å². The number of hydrogen-bond acceptors (Lipinski definition) is 4. The van der Waals surface area contributed by atoms with Crippen molar-refractivity contribution in [3.8, 4) is 11.3 Å². The zero-order chi connectivity index (χ0) is 29.9. The van der Waals surface area contributed by atoms with Crippen LogP contribution in [0.25, 0.3) is 23.4 Å². The number of benzene rings is 4. The van der Waals surface area contributed by atoms with Crippen LogP contribution in [0.4, 0.5) is 0 Å². The zero-order valence-corrected chi connectivity index (χ0v) is 24.9. The number of hydrogen-bond donors (Lipinski definition) is 1. The molecule has 0 fully saturated rings. The first-order chi connectivity index (χ1) is 20.1. The minimum Gasteiger partial charge on any atom is -0.478 e. The Morgan fingerprint density at radius 3 is 2.19 bits per heavy atom. The largest absolute Gasteiger partial charge is 0.478 e. The van der Waals surface area contributed by atoms with Gasteiger partial charge in [0.25, 0.3) is 0 Å². The van der Waals surface area contributed by atoms with E-state index in [9.17, 15) is 18.3 Å². The molecule has 5 rings (SSSR count). The average Bonchev–Trinajstić information content (AvgIpc) is 3.35. The molecule has 0 saturated carbocycles. The van der Waals surface area contributed by atoms with E-state index < -0.39 is 15.8 Å². The summed E-state index contributed by atoms with van der Waals surface area (Å²) in [5.41, 5.74) is 5.08. The van der Waals surface area contributed by atoms with Gasteiger partial charge in [-0.25, -0.2) is 18.2 Å². The Morgan fingerprint density at radius 2 is 1.55 bits per heavy atom. The molecule has 4 aromatic carbocycles. The first kappa shape index (κ1) is 29.3. The number of carboxylic acid groups (broad SMARTS) is 1. The van der Waals surface area contributed by atoms with Gasteiger partial charge in [-0.1, -0.05) is 83.4 Å². The predicted octanol–water partition coefficient (Wildman–Crippen LogP) is 8.06. The molecule has 0 atom stereocenters. The molecule has 0 aliphatic heterocycles. The number of aryl methyl sites for hydroxylation is 1. The summed E-state index contributed by atoms with van der Waals surface area (Å²) >= 11 is 12.5. The molecule has 42 heavy (non-hydrogen) atoms. The third-order valence-corrected chi connectivity index (χ3v) is 8.96. The second-order valence-corrected chi connectivity index (χ2v) is 12.7. The molecule has 0 unspecified atom stereocenters. The minimum absolute atomic E-state index is 0.0870. The number of aromatic nitrogens is 2. The molecule has 1 N–H and O–H groups in total. The summed E-state index contributed by atoms with van der Waals surface area (Å²) < 4.78 is 27.6. The first-order valence-electron chi connectivity index (χ1n) is 13.0. The molecule has 0 bridgehead atoms. The molecule has 1 heterocycles. The number of imidazole rings is 1. The van der Waals surface area contributed by atoms with Crippen molar-refractivity contribution in [2.24, 2.45) is 0 Å². The standard InChI is InChI=1S/C33H26Cl2N2O4S/c1-22-2-14-28(15-3-22)42(40,41)21-25-6-4-23(5-7-25)10-17-32-36-31(29-16-13-27(34)18-30(29)35)20-37(32)19-24-8-11-26(12-9-24)33(38)39/h2-18,20H,19,21H2,1H3,(H,38,39)/b17-10+.